The first kappa shape index (κ1) is 15.3. The van der Waals surface area contributed by atoms with Gasteiger partial charge in [-0.15, -0.1) is 11.8 Å². The Morgan fingerprint density at radius 3 is 2.04 bits per heavy atom. The SMILES string of the molecule is C=C1SC[C@H]2[C@@H]1N(Cc1ccccc1)C(=O)N2Cc1ccccc1. The molecule has 2 aromatic rings. The average Bonchev–Trinajstić information content (AvgIpc) is 3.11. The van der Waals surface area contributed by atoms with Crippen LogP contribution in [0.3, 0.4) is 0 Å². The fraction of sp³-hybridized carbons (Fsp3) is 0.250. The normalized spacial score (nSPS) is 23.0. The van der Waals surface area contributed by atoms with Crippen molar-refractivity contribution >= 4 is 17.8 Å². The van der Waals surface area contributed by atoms with E-state index < -0.39 is 0 Å². The Morgan fingerprint density at radius 1 is 0.917 bits per heavy atom. The van der Waals surface area contributed by atoms with Gasteiger partial charge < -0.3 is 9.80 Å². The molecule has 4 rings (SSSR count). The summed E-state index contributed by atoms with van der Waals surface area (Å²) in [5.74, 6) is 0.938. The minimum atomic E-state index is 0.117. The van der Waals surface area contributed by atoms with Crippen LogP contribution in [0.2, 0.25) is 0 Å². The summed E-state index contributed by atoms with van der Waals surface area (Å²) >= 11 is 1.79. The second-order valence-electron chi connectivity index (χ2n) is 6.30. The van der Waals surface area contributed by atoms with Gasteiger partial charge in [-0.05, 0) is 11.1 Å². The minimum Gasteiger partial charge on any atom is -0.314 e. The summed E-state index contributed by atoms with van der Waals surface area (Å²) < 4.78 is 0. The van der Waals surface area contributed by atoms with E-state index in [1.807, 2.05) is 46.2 Å². The fourth-order valence-corrected chi connectivity index (χ4v) is 4.76. The number of nitrogens with zero attached hydrogens (tertiary/aromatic N) is 2. The zero-order valence-corrected chi connectivity index (χ0v) is 14.3. The van der Waals surface area contributed by atoms with Crippen LogP contribution in [0, 0.1) is 0 Å². The lowest BCUT2D eigenvalue weighted by Crippen LogP contribution is -2.35. The van der Waals surface area contributed by atoms with Gasteiger partial charge in [-0.2, -0.15) is 0 Å². The van der Waals surface area contributed by atoms with Crippen LogP contribution in [0.15, 0.2) is 72.1 Å². The molecule has 2 aliphatic rings. The molecule has 0 bridgehead atoms. The van der Waals surface area contributed by atoms with Crippen LogP contribution in [0.25, 0.3) is 0 Å². The number of hydrogen-bond acceptors (Lipinski definition) is 2. The molecule has 2 heterocycles. The maximum atomic E-state index is 13.1. The van der Waals surface area contributed by atoms with Crippen molar-refractivity contribution in [3.63, 3.8) is 0 Å². The van der Waals surface area contributed by atoms with E-state index in [1.165, 1.54) is 5.56 Å². The lowest BCUT2D eigenvalue weighted by molar-refractivity contribution is 0.183. The van der Waals surface area contributed by atoms with Gasteiger partial charge in [0.25, 0.3) is 0 Å². The van der Waals surface area contributed by atoms with Crippen molar-refractivity contribution in [3.8, 4) is 0 Å². The van der Waals surface area contributed by atoms with Gasteiger partial charge in [0.05, 0.1) is 12.1 Å². The molecule has 2 atom stereocenters. The maximum absolute atomic E-state index is 13.1. The number of carbonyl (C=O) groups is 1. The van der Waals surface area contributed by atoms with E-state index in [0.29, 0.717) is 13.1 Å². The summed E-state index contributed by atoms with van der Waals surface area (Å²) in [4.78, 5) is 18.2. The summed E-state index contributed by atoms with van der Waals surface area (Å²) in [6.07, 6.45) is 0. The monoisotopic (exact) mass is 336 g/mol. The maximum Gasteiger partial charge on any atom is 0.321 e. The number of urea groups is 1. The highest BCUT2D eigenvalue weighted by atomic mass is 32.2. The van der Waals surface area contributed by atoms with Crippen LogP contribution in [0.5, 0.6) is 0 Å². The van der Waals surface area contributed by atoms with Crippen LogP contribution in [0.1, 0.15) is 11.1 Å². The molecule has 2 fully saturated rings. The molecule has 4 heteroatoms. The van der Waals surface area contributed by atoms with Crippen molar-refractivity contribution in [3.05, 3.63) is 83.3 Å². The first-order valence-corrected chi connectivity index (χ1v) is 9.19. The average molecular weight is 336 g/mol. The van der Waals surface area contributed by atoms with Gasteiger partial charge >= 0.3 is 6.03 Å². The lowest BCUT2D eigenvalue weighted by atomic mass is 10.1. The van der Waals surface area contributed by atoms with Gasteiger partial charge in [0.1, 0.15) is 0 Å². The van der Waals surface area contributed by atoms with Crippen LogP contribution >= 0.6 is 11.8 Å². The topological polar surface area (TPSA) is 23.6 Å². The van der Waals surface area contributed by atoms with Crippen molar-refractivity contribution in [2.24, 2.45) is 0 Å². The lowest BCUT2D eigenvalue weighted by Gasteiger charge is -2.23. The van der Waals surface area contributed by atoms with E-state index >= 15 is 0 Å². The van der Waals surface area contributed by atoms with Gasteiger partial charge in [0.2, 0.25) is 0 Å². The Morgan fingerprint density at radius 2 is 1.46 bits per heavy atom. The molecule has 0 radical (unpaired) electrons. The highest BCUT2D eigenvalue weighted by Crippen LogP contribution is 2.42. The van der Waals surface area contributed by atoms with Crippen molar-refractivity contribution in [2.75, 3.05) is 5.75 Å². The Hall–Kier alpha value is -2.20. The van der Waals surface area contributed by atoms with Gasteiger partial charge in [0, 0.05) is 23.7 Å². The summed E-state index contributed by atoms with van der Waals surface area (Å²) in [5, 5.41) is 0. The molecule has 0 aliphatic carbocycles. The third-order valence-electron chi connectivity index (χ3n) is 4.75. The zero-order valence-electron chi connectivity index (χ0n) is 13.5. The largest absolute Gasteiger partial charge is 0.321 e. The van der Waals surface area contributed by atoms with Crippen molar-refractivity contribution < 1.29 is 4.79 Å². The van der Waals surface area contributed by atoms with Gasteiger partial charge in [0.15, 0.2) is 0 Å². The number of benzene rings is 2. The molecule has 2 aromatic carbocycles. The summed E-state index contributed by atoms with van der Waals surface area (Å²) in [5.41, 5.74) is 2.34. The molecule has 24 heavy (non-hydrogen) atoms. The van der Waals surface area contributed by atoms with E-state index in [1.54, 1.807) is 11.8 Å². The van der Waals surface area contributed by atoms with E-state index in [-0.39, 0.29) is 18.1 Å². The summed E-state index contributed by atoms with van der Waals surface area (Å²) in [6, 6.07) is 20.9. The van der Waals surface area contributed by atoms with Crippen molar-refractivity contribution in [1.29, 1.82) is 0 Å². The van der Waals surface area contributed by atoms with Gasteiger partial charge in [-0.3, -0.25) is 0 Å². The van der Waals surface area contributed by atoms with Crippen LogP contribution < -0.4 is 0 Å². The fourth-order valence-electron chi connectivity index (χ4n) is 3.56. The number of carbonyl (C=O) groups excluding carboxylic acids is 1. The summed E-state index contributed by atoms with van der Waals surface area (Å²) in [7, 11) is 0. The van der Waals surface area contributed by atoms with Gasteiger partial charge in [-0.25, -0.2) is 4.79 Å². The van der Waals surface area contributed by atoms with E-state index in [2.05, 4.69) is 30.8 Å². The molecular weight excluding hydrogens is 316 g/mol. The number of rotatable bonds is 4. The molecular formula is C20H20N2OS. The zero-order chi connectivity index (χ0) is 16.5. The second kappa shape index (κ2) is 6.36. The third-order valence-corrected chi connectivity index (χ3v) is 5.87. The van der Waals surface area contributed by atoms with Gasteiger partial charge in [-0.1, -0.05) is 67.2 Å². The Labute approximate surface area is 147 Å². The molecule has 0 unspecified atom stereocenters. The molecule has 0 aromatic heterocycles. The number of fused-ring (bicyclic) bond motifs is 1. The van der Waals surface area contributed by atoms with Crippen LogP contribution in [0.4, 0.5) is 4.79 Å². The highest BCUT2D eigenvalue weighted by molar-refractivity contribution is 8.03. The van der Waals surface area contributed by atoms with Crippen molar-refractivity contribution in [1.82, 2.24) is 9.80 Å². The molecule has 122 valence electrons. The number of thioether (sulfide) groups is 1. The molecule has 2 amide bonds. The van der Waals surface area contributed by atoms with Crippen molar-refractivity contribution in [2.45, 2.75) is 25.2 Å². The summed E-state index contributed by atoms with van der Waals surface area (Å²) in [6.45, 7) is 5.52. The Bertz CT molecular complexity index is 747. The van der Waals surface area contributed by atoms with Crippen LogP contribution in [-0.2, 0) is 13.1 Å². The number of amides is 2. The van der Waals surface area contributed by atoms with E-state index in [4.69, 9.17) is 0 Å². The molecule has 2 saturated heterocycles. The highest BCUT2D eigenvalue weighted by Gasteiger charge is 2.50. The van der Waals surface area contributed by atoms with Crippen LogP contribution in [-0.4, -0.2) is 33.7 Å². The third kappa shape index (κ3) is 2.71. The second-order valence-corrected chi connectivity index (χ2v) is 7.45. The smallest absolute Gasteiger partial charge is 0.314 e. The first-order chi connectivity index (χ1) is 11.7. The minimum absolute atomic E-state index is 0.117. The molecule has 0 saturated carbocycles. The molecule has 0 spiro atoms. The molecule has 2 aliphatic heterocycles. The quantitative estimate of drug-likeness (QED) is 0.784. The first-order valence-electron chi connectivity index (χ1n) is 8.21. The standard InChI is InChI=1S/C20H20N2OS/c1-15-19-18(14-24-15)21(12-16-8-4-2-5-9-16)20(23)22(19)13-17-10-6-3-7-11-17/h2-11,18-19H,1,12-14H2/t18-,19+/m0/s1. The Kier molecular flexibility index (Phi) is 4.07. The Balaban J connectivity index is 1.60. The molecule has 3 nitrogen and oxygen atoms in total. The predicted molar refractivity (Wildman–Crippen MR) is 98.5 cm³/mol. The molecule has 0 N–H and O–H groups in total. The van der Waals surface area contributed by atoms with E-state index in [9.17, 15) is 4.79 Å². The van der Waals surface area contributed by atoms with E-state index in [0.717, 1.165) is 16.2 Å². The predicted octanol–water partition coefficient (Wildman–Crippen LogP) is 4.12. The number of hydrogen-bond donors (Lipinski definition) is 0.